The van der Waals surface area contributed by atoms with E-state index < -0.39 is 5.97 Å². The zero-order valence-electron chi connectivity index (χ0n) is 14.5. The van der Waals surface area contributed by atoms with Crippen LogP contribution in [0.2, 0.25) is 0 Å². The van der Waals surface area contributed by atoms with Crippen LogP contribution in [-0.4, -0.2) is 59.0 Å². The van der Waals surface area contributed by atoms with Crippen LogP contribution in [0.3, 0.4) is 0 Å². The molecule has 1 N–H and O–H groups in total. The van der Waals surface area contributed by atoms with E-state index in [1.807, 2.05) is 12.1 Å². The molecule has 0 aliphatic carbocycles. The predicted molar refractivity (Wildman–Crippen MR) is 91.7 cm³/mol. The van der Waals surface area contributed by atoms with Crippen LogP contribution in [0.25, 0.3) is 0 Å². The molecule has 2 aliphatic rings. The Hall–Kier alpha value is -1.95. The van der Waals surface area contributed by atoms with Crippen LogP contribution in [-0.2, 0) is 9.59 Å². The number of carbonyl (C=O) groups excluding carboxylic acids is 1. The normalized spacial score (nSPS) is 25.3. The molecule has 136 valence electrons. The fourth-order valence-corrected chi connectivity index (χ4v) is 3.94. The Morgan fingerprint density at radius 1 is 1.20 bits per heavy atom. The average Bonchev–Trinajstić information content (AvgIpc) is 2.96. The number of piperidine rings is 1. The molecule has 0 spiro atoms. The van der Waals surface area contributed by atoms with E-state index in [0.717, 1.165) is 18.5 Å². The summed E-state index contributed by atoms with van der Waals surface area (Å²) in [6.45, 7) is 4.34. The molecule has 25 heavy (non-hydrogen) atoms. The topological polar surface area (TPSA) is 60.9 Å². The summed E-state index contributed by atoms with van der Waals surface area (Å²) in [5, 5.41) is 9.05. The molecule has 1 aromatic rings. The van der Waals surface area contributed by atoms with Crippen LogP contribution >= 0.6 is 0 Å². The first kappa shape index (κ1) is 17.9. The third-order valence-corrected chi connectivity index (χ3v) is 5.58. The maximum Gasteiger partial charge on any atom is 0.306 e. The van der Waals surface area contributed by atoms with Gasteiger partial charge < -0.3 is 10.0 Å². The van der Waals surface area contributed by atoms with Gasteiger partial charge >= 0.3 is 5.97 Å². The highest BCUT2D eigenvalue weighted by Gasteiger charge is 2.33. The van der Waals surface area contributed by atoms with Crippen molar-refractivity contribution < 1.29 is 19.1 Å². The smallest absolute Gasteiger partial charge is 0.306 e. The molecule has 3 rings (SSSR count). The largest absolute Gasteiger partial charge is 0.481 e. The summed E-state index contributed by atoms with van der Waals surface area (Å²) in [6, 6.07) is 6.93. The van der Waals surface area contributed by atoms with Gasteiger partial charge in [-0.15, -0.1) is 0 Å². The molecule has 2 aliphatic heterocycles. The summed E-state index contributed by atoms with van der Waals surface area (Å²) in [6.07, 6.45) is 2.03. The van der Waals surface area contributed by atoms with Gasteiger partial charge in [0.05, 0.1) is 12.5 Å². The van der Waals surface area contributed by atoms with E-state index in [-0.39, 0.29) is 17.6 Å². The fraction of sp³-hybridized carbons (Fsp3) is 0.579. The van der Waals surface area contributed by atoms with E-state index in [9.17, 15) is 14.0 Å². The minimum absolute atomic E-state index is 0.0791. The highest BCUT2D eigenvalue weighted by atomic mass is 19.1. The molecule has 0 radical (unpaired) electrons. The van der Waals surface area contributed by atoms with Crippen molar-refractivity contribution in [3.8, 4) is 0 Å². The molecule has 2 saturated heterocycles. The van der Waals surface area contributed by atoms with E-state index in [4.69, 9.17) is 5.11 Å². The Morgan fingerprint density at radius 2 is 1.84 bits per heavy atom. The second-order valence-electron chi connectivity index (χ2n) is 7.26. The number of hydrogen-bond acceptors (Lipinski definition) is 3. The van der Waals surface area contributed by atoms with E-state index in [1.165, 1.54) is 12.1 Å². The first-order valence-corrected chi connectivity index (χ1v) is 8.94. The van der Waals surface area contributed by atoms with E-state index in [0.29, 0.717) is 44.4 Å². The molecular weight excluding hydrogens is 323 g/mol. The molecule has 6 heteroatoms. The van der Waals surface area contributed by atoms with Crippen molar-refractivity contribution in [2.75, 3.05) is 26.2 Å². The second kappa shape index (κ2) is 7.52. The van der Waals surface area contributed by atoms with Gasteiger partial charge in [0.1, 0.15) is 5.82 Å². The zero-order valence-corrected chi connectivity index (χ0v) is 14.5. The molecule has 1 amide bonds. The number of likely N-dealkylation sites (tertiary alicyclic amines) is 2. The SMILES string of the molecule is C[C@H]1C[C@@H](c2ccc(F)cc2)CN1CC(=O)N1CCC(C(=O)O)CC1. The van der Waals surface area contributed by atoms with Crippen molar-refractivity contribution in [2.45, 2.75) is 38.1 Å². The summed E-state index contributed by atoms with van der Waals surface area (Å²) in [5.74, 6) is -0.914. The molecular formula is C19H25FN2O3. The first-order chi connectivity index (χ1) is 11.9. The van der Waals surface area contributed by atoms with Crippen molar-refractivity contribution in [2.24, 2.45) is 5.92 Å². The molecule has 0 bridgehead atoms. The maximum absolute atomic E-state index is 13.1. The Labute approximate surface area is 147 Å². The predicted octanol–water partition coefficient (Wildman–Crippen LogP) is 2.33. The average molecular weight is 348 g/mol. The summed E-state index contributed by atoms with van der Waals surface area (Å²) in [4.78, 5) is 27.5. The van der Waals surface area contributed by atoms with Crippen LogP contribution < -0.4 is 0 Å². The number of benzene rings is 1. The van der Waals surface area contributed by atoms with Crippen LogP contribution in [0.4, 0.5) is 4.39 Å². The Morgan fingerprint density at radius 3 is 2.44 bits per heavy atom. The molecule has 0 aromatic heterocycles. The van der Waals surface area contributed by atoms with Crippen molar-refractivity contribution in [1.29, 1.82) is 0 Å². The number of carbonyl (C=O) groups is 2. The quantitative estimate of drug-likeness (QED) is 0.907. The van der Waals surface area contributed by atoms with Gasteiger partial charge in [0.25, 0.3) is 0 Å². The van der Waals surface area contributed by atoms with Gasteiger partial charge in [-0.05, 0) is 49.8 Å². The summed E-state index contributed by atoms with van der Waals surface area (Å²) in [7, 11) is 0. The van der Waals surface area contributed by atoms with Crippen molar-refractivity contribution in [3.05, 3.63) is 35.6 Å². The van der Waals surface area contributed by atoms with Crippen molar-refractivity contribution in [3.63, 3.8) is 0 Å². The lowest BCUT2D eigenvalue weighted by Crippen LogP contribution is -2.45. The number of hydrogen-bond donors (Lipinski definition) is 1. The molecule has 1 aromatic carbocycles. The van der Waals surface area contributed by atoms with Gasteiger partial charge in [-0.2, -0.15) is 0 Å². The minimum atomic E-state index is -0.762. The molecule has 0 unspecified atom stereocenters. The summed E-state index contributed by atoms with van der Waals surface area (Å²) in [5.41, 5.74) is 1.12. The number of nitrogens with zero attached hydrogens (tertiary/aromatic N) is 2. The monoisotopic (exact) mass is 348 g/mol. The van der Waals surface area contributed by atoms with Gasteiger partial charge in [0.15, 0.2) is 0 Å². The maximum atomic E-state index is 13.1. The lowest BCUT2D eigenvalue weighted by Gasteiger charge is -2.32. The van der Waals surface area contributed by atoms with Gasteiger partial charge in [0, 0.05) is 25.7 Å². The van der Waals surface area contributed by atoms with Gasteiger partial charge in [-0.3, -0.25) is 14.5 Å². The van der Waals surface area contributed by atoms with Crippen LogP contribution in [0.5, 0.6) is 0 Å². The van der Waals surface area contributed by atoms with Gasteiger partial charge in [0.2, 0.25) is 5.91 Å². The molecule has 2 heterocycles. The van der Waals surface area contributed by atoms with E-state index >= 15 is 0 Å². The van der Waals surface area contributed by atoms with E-state index in [2.05, 4.69) is 11.8 Å². The zero-order chi connectivity index (χ0) is 18.0. The second-order valence-corrected chi connectivity index (χ2v) is 7.26. The van der Waals surface area contributed by atoms with Crippen molar-refractivity contribution in [1.82, 2.24) is 9.80 Å². The minimum Gasteiger partial charge on any atom is -0.481 e. The third-order valence-electron chi connectivity index (χ3n) is 5.58. The highest BCUT2D eigenvalue weighted by Crippen LogP contribution is 2.31. The van der Waals surface area contributed by atoms with Gasteiger partial charge in [-0.25, -0.2) is 4.39 Å². The Bertz CT molecular complexity index is 626. The van der Waals surface area contributed by atoms with Crippen LogP contribution in [0.15, 0.2) is 24.3 Å². The Kier molecular flexibility index (Phi) is 5.37. The van der Waals surface area contributed by atoms with Crippen LogP contribution in [0.1, 0.15) is 37.7 Å². The first-order valence-electron chi connectivity index (χ1n) is 8.94. The molecule has 2 fully saturated rings. The number of halogens is 1. The number of aliphatic carboxylic acids is 1. The molecule has 2 atom stereocenters. The fourth-order valence-electron chi connectivity index (χ4n) is 3.94. The summed E-state index contributed by atoms with van der Waals surface area (Å²) >= 11 is 0. The molecule has 0 saturated carbocycles. The van der Waals surface area contributed by atoms with E-state index in [1.54, 1.807) is 4.90 Å². The number of rotatable bonds is 4. The Balaban J connectivity index is 1.53. The lowest BCUT2D eigenvalue weighted by atomic mass is 9.97. The standard InChI is InChI=1S/C19H25FN2O3/c1-13-10-16(14-2-4-17(20)5-3-14)11-22(13)12-18(23)21-8-6-15(7-9-21)19(24)25/h2-5,13,15-16H,6-12H2,1H3,(H,24,25)/t13-,16+/m0/s1. The number of carboxylic acids is 1. The van der Waals surface area contributed by atoms with Crippen LogP contribution in [0, 0.1) is 11.7 Å². The molecule has 5 nitrogen and oxygen atoms in total. The number of amides is 1. The number of carboxylic acid groups (broad SMARTS) is 1. The highest BCUT2D eigenvalue weighted by molar-refractivity contribution is 5.79. The van der Waals surface area contributed by atoms with Crippen molar-refractivity contribution >= 4 is 11.9 Å². The third kappa shape index (κ3) is 4.18. The summed E-state index contributed by atoms with van der Waals surface area (Å²) < 4.78 is 13.1. The van der Waals surface area contributed by atoms with Gasteiger partial charge in [-0.1, -0.05) is 12.1 Å². The lowest BCUT2D eigenvalue weighted by molar-refractivity contribution is -0.146.